The zero-order chi connectivity index (χ0) is 20.0. The first-order valence-electron chi connectivity index (χ1n) is 9.47. The van der Waals surface area contributed by atoms with E-state index in [1.165, 1.54) is 50.6 Å². The molecular formula is C21H26N2O4S. The molecule has 0 spiro atoms. The Balaban J connectivity index is 1.68. The van der Waals surface area contributed by atoms with Crippen molar-refractivity contribution in [2.45, 2.75) is 37.2 Å². The molecule has 0 aliphatic carbocycles. The molecule has 0 unspecified atom stereocenters. The molecule has 1 heterocycles. The molecule has 2 aromatic carbocycles. The molecule has 1 saturated heterocycles. The highest BCUT2D eigenvalue weighted by atomic mass is 32.2. The molecule has 2 aromatic rings. The van der Waals surface area contributed by atoms with Gasteiger partial charge in [0.15, 0.2) is 0 Å². The maximum atomic E-state index is 12.6. The van der Waals surface area contributed by atoms with E-state index in [9.17, 15) is 13.2 Å². The lowest BCUT2D eigenvalue weighted by Crippen LogP contribution is -2.30. The number of piperidine rings is 1. The van der Waals surface area contributed by atoms with Crippen molar-refractivity contribution >= 4 is 16.0 Å². The minimum Gasteiger partial charge on any atom is -0.465 e. The van der Waals surface area contributed by atoms with Crippen LogP contribution in [0.1, 0.15) is 40.7 Å². The Morgan fingerprint density at radius 2 is 1.64 bits per heavy atom. The highest BCUT2D eigenvalue weighted by Crippen LogP contribution is 2.17. The number of esters is 1. The van der Waals surface area contributed by atoms with Crippen molar-refractivity contribution in [3.05, 3.63) is 65.2 Å². The average Bonchev–Trinajstić information content (AvgIpc) is 2.73. The Labute approximate surface area is 166 Å². The lowest BCUT2D eigenvalue weighted by molar-refractivity contribution is 0.0600. The highest BCUT2D eigenvalue weighted by Gasteiger charge is 2.17. The molecule has 1 fully saturated rings. The summed E-state index contributed by atoms with van der Waals surface area (Å²) in [4.78, 5) is 14.0. The molecule has 0 amide bonds. The number of hydrogen-bond acceptors (Lipinski definition) is 5. The van der Waals surface area contributed by atoms with Gasteiger partial charge in [-0.25, -0.2) is 17.9 Å². The van der Waals surface area contributed by atoms with Gasteiger partial charge in [0.25, 0.3) is 0 Å². The van der Waals surface area contributed by atoms with Crippen LogP contribution in [0.3, 0.4) is 0 Å². The fourth-order valence-corrected chi connectivity index (χ4v) is 4.39. The topological polar surface area (TPSA) is 75.7 Å². The quantitative estimate of drug-likeness (QED) is 0.721. The molecule has 0 aromatic heterocycles. The van der Waals surface area contributed by atoms with Gasteiger partial charge in [0, 0.05) is 13.1 Å². The van der Waals surface area contributed by atoms with Gasteiger partial charge in [-0.3, -0.25) is 4.90 Å². The van der Waals surface area contributed by atoms with E-state index in [0.29, 0.717) is 5.56 Å². The highest BCUT2D eigenvalue weighted by molar-refractivity contribution is 7.89. The van der Waals surface area contributed by atoms with E-state index in [1.54, 1.807) is 0 Å². The van der Waals surface area contributed by atoms with E-state index in [4.69, 9.17) is 0 Å². The summed E-state index contributed by atoms with van der Waals surface area (Å²) in [5.74, 6) is -0.497. The van der Waals surface area contributed by atoms with Crippen molar-refractivity contribution in [1.29, 1.82) is 0 Å². The van der Waals surface area contributed by atoms with Crippen LogP contribution in [0.15, 0.2) is 53.4 Å². The summed E-state index contributed by atoms with van der Waals surface area (Å²) in [6.45, 7) is 3.25. The summed E-state index contributed by atoms with van der Waals surface area (Å²) >= 11 is 0. The third-order valence-electron chi connectivity index (χ3n) is 5.00. The Bertz CT molecular complexity index is 904. The van der Waals surface area contributed by atoms with Crippen LogP contribution in [0.2, 0.25) is 0 Å². The van der Waals surface area contributed by atoms with Crippen molar-refractivity contribution in [1.82, 2.24) is 9.62 Å². The monoisotopic (exact) mass is 402 g/mol. The Kier molecular flexibility index (Phi) is 6.83. The van der Waals surface area contributed by atoms with Crippen LogP contribution >= 0.6 is 0 Å². The zero-order valence-electron chi connectivity index (χ0n) is 16.1. The molecule has 0 bridgehead atoms. The number of nitrogens with zero attached hydrogens (tertiary/aromatic N) is 1. The van der Waals surface area contributed by atoms with E-state index in [1.807, 2.05) is 18.2 Å². The zero-order valence-corrected chi connectivity index (χ0v) is 16.9. The standard InChI is InChI=1S/C21H26N2O4S/c1-27-21(24)17-9-11-20(12-10-17)28(25,26)22-15-18-7-3-4-8-19(18)16-23-13-5-2-6-14-23/h3-4,7-12,22H,2,5-6,13-16H2,1H3. The van der Waals surface area contributed by atoms with Crippen LogP contribution < -0.4 is 4.72 Å². The fourth-order valence-electron chi connectivity index (χ4n) is 3.39. The van der Waals surface area contributed by atoms with Gasteiger partial charge in [-0.2, -0.15) is 0 Å². The minimum absolute atomic E-state index is 0.119. The van der Waals surface area contributed by atoms with E-state index in [2.05, 4.69) is 20.4 Å². The lowest BCUT2D eigenvalue weighted by Gasteiger charge is -2.27. The molecule has 1 aliphatic heterocycles. The Morgan fingerprint density at radius 3 is 2.29 bits per heavy atom. The molecule has 0 saturated carbocycles. The largest absolute Gasteiger partial charge is 0.465 e. The summed E-state index contributed by atoms with van der Waals surface area (Å²) in [6, 6.07) is 13.7. The van der Waals surface area contributed by atoms with Crippen molar-refractivity contribution in [2.24, 2.45) is 0 Å². The van der Waals surface area contributed by atoms with Crippen LogP contribution in [-0.2, 0) is 27.8 Å². The number of carbonyl (C=O) groups is 1. The van der Waals surface area contributed by atoms with Gasteiger partial charge in [-0.05, 0) is 61.3 Å². The molecule has 150 valence electrons. The summed E-state index contributed by atoms with van der Waals surface area (Å²) in [6.07, 6.45) is 3.72. The molecule has 1 aliphatic rings. The average molecular weight is 403 g/mol. The molecule has 28 heavy (non-hydrogen) atoms. The molecule has 3 rings (SSSR count). The van der Waals surface area contributed by atoms with Crippen molar-refractivity contribution in [3.8, 4) is 0 Å². The molecule has 6 nitrogen and oxygen atoms in total. The Morgan fingerprint density at radius 1 is 1.00 bits per heavy atom. The van der Waals surface area contributed by atoms with Gasteiger partial charge in [0.1, 0.15) is 0 Å². The number of methoxy groups -OCH3 is 1. The van der Waals surface area contributed by atoms with Gasteiger partial charge < -0.3 is 4.74 Å². The number of ether oxygens (including phenoxy) is 1. The van der Waals surface area contributed by atoms with Crippen molar-refractivity contribution in [3.63, 3.8) is 0 Å². The van der Waals surface area contributed by atoms with Gasteiger partial charge in [-0.15, -0.1) is 0 Å². The smallest absolute Gasteiger partial charge is 0.337 e. The summed E-state index contributed by atoms with van der Waals surface area (Å²) in [5.41, 5.74) is 2.43. The first-order chi connectivity index (χ1) is 13.5. The summed E-state index contributed by atoms with van der Waals surface area (Å²) in [5, 5.41) is 0. The van der Waals surface area contributed by atoms with Gasteiger partial charge >= 0.3 is 5.97 Å². The summed E-state index contributed by atoms with van der Waals surface area (Å²) < 4.78 is 32.5. The number of sulfonamides is 1. The van der Waals surface area contributed by atoms with E-state index in [-0.39, 0.29) is 11.4 Å². The Hall–Kier alpha value is -2.22. The van der Waals surface area contributed by atoms with Crippen molar-refractivity contribution in [2.75, 3.05) is 20.2 Å². The van der Waals surface area contributed by atoms with Gasteiger partial charge in [-0.1, -0.05) is 30.7 Å². The van der Waals surface area contributed by atoms with E-state index < -0.39 is 16.0 Å². The molecule has 0 radical (unpaired) electrons. The third kappa shape index (κ3) is 5.19. The second kappa shape index (κ2) is 9.32. The number of rotatable bonds is 7. The minimum atomic E-state index is -3.67. The number of benzene rings is 2. The SMILES string of the molecule is COC(=O)c1ccc(S(=O)(=O)NCc2ccccc2CN2CCCCC2)cc1. The normalized spacial score (nSPS) is 15.3. The van der Waals surface area contributed by atoms with Crippen LogP contribution in [-0.4, -0.2) is 39.5 Å². The predicted molar refractivity (Wildman–Crippen MR) is 107 cm³/mol. The maximum Gasteiger partial charge on any atom is 0.337 e. The number of hydrogen-bond donors (Lipinski definition) is 1. The third-order valence-corrected chi connectivity index (χ3v) is 6.42. The first-order valence-corrected chi connectivity index (χ1v) is 10.9. The van der Waals surface area contributed by atoms with Crippen LogP contribution in [0.5, 0.6) is 0 Å². The first kappa shape index (κ1) is 20.5. The molecule has 7 heteroatoms. The number of carbonyl (C=O) groups excluding carboxylic acids is 1. The maximum absolute atomic E-state index is 12.6. The van der Waals surface area contributed by atoms with Gasteiger partial charge in [0.2, 0.25) is 10.0 Å². The number of nitrogens with one attached hydrogen (secondary N) is 1. The van der Waals surface area contributed by atoms with Crippen molar-refractivity contribution < 1.29 is 17.9 Å². The van der Waals surface area contributed by atoms with Gasteiger partial charge in [0.05, 0.1) is 17.6 Å². The second-order valence-corrected chi connectivity index (χ2v) is 8.71. The molecule has 1 N–H and O–H groups in total. The van der Waals surface area contributed by atoms with E-state index in [0.717, 1.165) is 30.8 Å². The number of likely N-dealkylation sites (tertiary alicyclic amines) is 1. The fraction of sp³-hybridized carbons (Fsp3) is 0.381. The molecule has 0 atom stereocenters. The van der Waals surface area contributed by atoms with Crippen LogP contribution in [0, 0.1) is 0 Å². The lowest BCUT2D eigenvalue weighted by atomic mass is 10.1. The molecular weight excluding hydrogens is 376 g/mol. The van der Waals surface area contributed by atoms with E-state index >= 15 is 0 Å². The van der Waals surface area contributed by atoms with Crippen LogP contribution in [0.25, 0.3) is 0 Å². The van der Waals surface area contributed by atoms with Crippen LogP contribution in [0.4, 0.5) is 0 Å². The second-order valence-electron chi connectivity index (χ2n) is 6.95. The summed E-state index contributed by atoms with van der Waals surface area (Å²) in [7, 11) is -2.39. The predicted octanol–water partition coefficient (Wildman–Crippen LogP) is 2.94.